The van der Waals surface area contributed by atoms with E-state index in [9.17, 15) is 9.59 Å². The number of carbonyl (C=O) groups excluding carboxylic acids is 1. The zero-order valence-corrected chi connectivity index (χ0v) is 9.67. The smallest absolute Gasteiger partial charge is 0.325 e. The van der Waals surface area contributed by atoms with Gasteiger partial charge < -0.3 is 15.7 Å². The molecule has 0 fully saturated rings. The zero-order valence-electron chi connectivity index (χ0n) is 9.67. The summed E-state index contributed by atoms with van der Waals surface area (Å²) in [4.78, 5) is 22.1. The molecule has 1 aliphatic carbocycles. The first-order valence-corrected chi connectivity index (χ1v) is 5.60. The number of carbonyl (C=O) groups is 2. The van der Waals surface area contributed by atoms with Crippen molar-refractivity contribution in [3.8, 4) is 0 Å². The van der Waals surface area contributed by atoms with Gasteiger partial charge in [0.15, 0.2) is 0 Å². The number of amides is 2. The molecule has 0 bridgehead atoms. The Morgan fingerprint density at radius 3 is 2.83 bits per heavy atom. The first kappa shape index (κ1) is 12.2. The molecule has 1 heterocycles. The summed E-state index contributed by atoms with van der Waals surface area (Å²) in [5, 5.41) is 17.8. The molecule has 0 radical (unpaired) electrons. The molecule has 1 aliphatic rings. The number of aromatic nitrogens is 2. The lowest BCUT2D eigenvalue weighted by Gasteiger charge is -2.11. The van der Waals surface area contributed by atoms with Crippen LogP contribution in [0, 0.1) is 0 Å². The fourth-order valence-corrected chi connectivity index (χ4v) is 1.74. The molecule has 0 aliphatic heterocycles. The lowest BCUT2D eigenvalue weighted by Crippen LogP contribution is -2.36. The third kappa shape index (κ3) is 3.34. The number of nitrogens with zero attached hydrogens (tertiary/aromatic N) is 2. The first-order valence-electron chi connectivity index (χ1n) is 5.60. The summed E-state index contributed by atoms with van der Waals surface area (Å²) >= 11 is 0. The van der Waals surface area contributed by atoms with Crippen LogP contribution in [0.3, 0.4) is 0 Å². The molecule has 0 unspecified atom stereocenters. The van der Waals surface area contributed by atoms with E-state index in [0.29, 0.717) is 5.69 Å². The monoisotopic (exact) mass is 250 g/mol. The second-order valence-corrected chi connectivity index (χ2v) is 4.06. The lowest BCUT2D eigenvalue weighted by molar-refractivity contribution is -0.137. The maximum Gasteiger partial charge on any atom is 0.325 e. The van der Waals surface area contributed by atoms with Crippen molar-refractivity contribution < 1.29 is 14.7 Å². The topological polar surface area (TPSA) is 96.2 Å². The van der Waals surface area contributed by atoms with Crippen molar-refractivity contribution in [3.05, 3.63) is 24.5 Å². The van der Waals surface area contributed by atoms with Crippen LogP contribution in [0.1, 0.15) is 12.8 Å². The summed E-state index contributed by atoms with van der Waals surface area (Å²) in [6.45, 7) is -0.226. The highest BCUT2D eigenvalue weighted by atomic mass is 16.4. The summed E-state index contributed by atoms with van der Waals surface area (Å²) in [7, 11) is 0. The molecule has 2 amide bonds. The third-order valence-corrected chi connectivity index (χ3v) is 2.53. The number of anilines is 1. The van der Waals surface area contributed by atoms with Gasteiger partial charge in [-0.05, 0) is 12.8 Å². The van der Waals surface area contributed by atoms with Crippen LogP contribution < -0.4 is 10.6 Å². The summed E-state index contributed by atoms with van der Waals surface area (Å²) in [5.41, 5.74) is 0.472. The molecule has 0 atom stereocenters. The van der Waals surface area contributed by atoms with Gasteiger partial charge in [0.25, 0.3) is 0 Å². The molecular weight excluding hydrogens is 236 g/mol. The predicted molar refractivity (Wildman–Crippen MR) is 64.2 cm³/mol. The van der Waals surface area contributed by atoms with E-state index < -0.39 is 5.97 Å². The molecule has 0 spiro atoms. The van der Waals surface area contributed by atoms with Gasteiger partial charge in [-0.1, -0.05) is 12.2 Å². The Morgan fingerprint density at radius 2 is 2.17 bits per heavy atom. The van der Waals surface area contributed by atoms with Gasteiger partial charge in [0.2, 0.25) is 0 Å². The predicted octanol–water partition coefficient (Wildman–Crippen LogP) is 0.808. The summed E-state index contributed by atoms with van der Waals surface area (Å²) < 4.78 is 1.25. The van der Waals surface area contributed by atoms with Gasteiger partial charge in [-0.3, -0.25) is 9.48 Å². The van der Waals surface area contributed by atoms with Gasteiger partial charge in [-0.2, -0.15) is 5.10 Å². The van der Waals surface area contributed by atoms with E-state index in [1.165, 1.54) is 17.1 Å². The largest absolute Gasteiger partial charge is 0.480 e. The molecule has 1 aromatic heterocycles. The van der Waals surface area contributed by atoms with Crippen molar-refractivity contribution in [3.63, 3.8) is 0 Å². The molecule has 7 nitrogen and oxygen atoms in total. The minimum absolute atomic E-state index is 0.138. The number of hydrogen-bond donors (Lipinski definition) is 3. The van der Waals surface area contributed by atoms with E-state index in [4.69, 9.17) is 5.11 Å². The molecule has 7 heteroatoms. The van der Waals surface area contributed by atoms with Crippen LogP contribution in [0.2, 0.25) is 0 Å². The summed E-state index contributed by atoms with van der Waals surface area (Å²) in [6, 6.07) is -0.169. The molecule has 18 heavy (non-hydrogen) atoms. The van der Waals surface area contributed by atoms with Crippen LogP contribution >= 0.6 is 0 Å². The van der Waals surface area contributed by atoms with Crippen LogP contribution in [0.25, 0.3) is 0 Å². The molecular formula is C11H14N4O3. The fourth-order valence-electron chi connectivity index (χ4n) is 1.74. The maximum absolute atomic E-state index is 11.6. The highest BCUT2D eigenvalue weighted by Crippen LogP contribution is 2.10. The lowest BCUT2D eigenvalue weighted by atomic mass is 10.2. The van der Waals surface area contributed by atoms with Gasteiger partial charge in [-0.15, -0.1) is 0 Å². The van der Waals surface area contributed by atoms with Crippen LogP contribution in [-0.2, 0) is 11.3 Å². The van der Waals surface area contributed by atoms with E-state index in [2.05, 4.69) is 15.7 Å². The van der Waals surface area contributed by atoms with Crippen LogP contribution in [0.5, 0.6) is 0 Å². The van der Waals surface area contributed by atoms with Gasteiger partial charge in [-0.25, -0.2) is 4.79 Å². The van der Waals surface area contributed by atoms with Crippen LogP contribution in [0.15, 0.2) is 24.5 Å². The Bertz CT molecular complexity index is 472. The van der Waals surface area contributed by atoms with Crippen LogP contribution in [0.4, 0.5) is 10.5 Å². The maximum atomic E-state index is 11.6. The van der Waals surface area contributed by atoms with Gasteiger partial charge in [0.05, 0.1) is 11.9 Å². The highest BCUT2D eigenvalue weighted by molar-refractivity contribution is 5.89. The molecule has 0 aromatic carbocycles. The van der Waals surface area contributed by atoms with Crippen molar-refractivity contribution in [1.29, 1.82) is 0 Å². The van der Waals surface area contributed by atoms with E-state index in [-0.39, 0.29) is 18.6 Å². The van der Waals surface area contributed by atoms with Gasteiger partial charge in [0.1, 0.15) is 6.54 Å². The minimum atomic E-state index is -0.980. The zero-order chi connectivity index (χ0) is 13.0. The minimum Gasteiger partial charge on any atom is -0.480 e. The summed E-state index contributed by atoms with van der Waals surface area (Å²) in [6.07, 6.45) is 8.61. The average molecular weight is 250 g/mol. The quantitative estimate of drug-likeness (QED) is 0.689. The second kappa shape index (κ2) is 5.35. The number of carboxylic acids is 1. The standard InChI is InChI=1S/C11H14N4O3/c16-10(17)7-15-6-9(5-12-15)14-11(18)13-8-3-1-2-4-8/h1-2,5-6,8H,3-4,7H2,(H,16,17)(H2,13,14,18). The number of nitrogens with one attached hydrogen (secondary N) is 2. The first-order chi connectivity index (χ1) is 8.63. The third-order valence-electron chi connectivity index (χ3n) is 2.53. The average Bonchev–Trinajstić information content (AvgIpc) is 2.89. The summed E-state index contributed by atoms with van der Waals surface area (Å²) in [5.74, 6) is -0.980. The molecule has 3 N–H and O–H groups in total. The Labute approximate surface area is 103 Å². The Morgan fingerprint density at radius 1 is 1.44 bits per heavy atom. The number of rotatable bonds is 4. The van der Waals surface area contributed by atoms with E-state index in [1.54, 1.807) is 0 Å². The SMILES string of the molecule is O=C(O)Cn1cc(NC(=O)NC2CC=CC2)cn1. The normalized spacial score (nSPS) is 14.7. The van der Waals surface area contributed by atoms with Gasteiger partial charge in [0, 0.05) is 12.2 Å². The molecule has 96 valence electrons. The van der Waals surface area contributed by atoms with Gasteiger partial charge >= 0.3 is 12.0 Å². The van der Waals surface area contributed by atoms with E-state index >= 15 is 0 Å². The number of aliphatic carboxylic acids is 1. The Balaban J connectivity index is 1.83. The molecule has 2 rings (SSSR count). The second-order valence-electron chi connectivity index (χ2n) is 4.06. The van der Waals surface area contributed by atoms with Crippen molar-refractivity contribution in [2.24, 2.45) is 0 Å². The van der Waals surface area contributed by atoms with Crippen molar-refractivity contribution in [1.82, 2.24) is 15.1 Å². The Hall–Kier alpha value is -2.31. The fraction of sp³-hybridized carbons (Fsp3) is 0.364. The van der Waals surface area contributed by atoms with Crippen molar-refractivity contribution in [2.75, 3.05) is 5.32 Å². The Kier molecular flexibility index (Phi) is 3.61. The molecule has 0 saturated heterocycles. The highest BCUT2D eigenvalue weighted by Gasteiger charge is 2.13. The van der Waals surface area contributed by atoms with E-state index in [0.717, 1.165) is 12.8 Å². The number of carboxylic acid groups (broad SMARTS) is 1. The van der Waals surface area contributed by atoms with Crippen molar-refractivity contribution in [2.45, 2.75) is 25.4 Å². The number of urea groups is 1. The van der Waals surface area contributed by atoms with E-state index in [1.807, 2.05) is 12.2 Å². The number of hydrogen-bond acceptors (Lipinski definition) is 3. The van der Waals surface area contributed by atoms with Crippen LogP contribution in [-0.4, -0.2) is 32.9 Å². The molecule has 1 aromatic rings. The molecule has 0 saturated carbocycles. The van der Waals surface area contributed by atoms with Crippen molar-refractivity contribution >= 4 is 17.7 Å².